The molecule has 2 nitrogen and oxygen atoms in total. The van der Waals surface area contributed by atoms with E-state index in [1.54, 1.807) is 19.1 Å². The van der Waals surface area contributed by atoms with Crippen molar-refractivity contribution >= 4 is 0 Å². The van der Waals surface area contributed by atoms with Crippen LogP contribution >= 0.6 is 0 Å². The molecule has 2 heteroatoms. The first kappa shape index (κ1) is 7.09. The van der Waals surface area contributed by atoms with Crippen LogP contribution in [-0.2, 0) is 0 Å². The van der Waals surface area contributed by atoms with Crippen molar-refractivity contribution in [3.8, 4) is 5.75 Å². The Bertz CT molecular complexity index is 184. The second-order valence-corrected chi connectivity index (χ2v) is 2.03. The summed E-state index contributed by atoms with van der Waals surface area (Å²) in [5.41, 5.74) is 8.78. The van der Waals surface area contributed by atoms with Crippen molar-refractivity contribution in [3.05, 3.63) is 30.3 Å². The largest absolute Gasteiger partial charge is 0.473 e. The van der Waals surface area contributed by atoms with Gasteiger partial charge < -0.3 is 4.74 Å². The number of nitrogens with zero attached hydrogens (tertiary/aromatic N) is 1. The van der Waals surface area contributed by atoms with Crippen LogP contribution < -0.4 is 10.5 Å². The Morgan fingerprint density at radius 1 is 1.30 bits per heavy atom. The summed E-state index contributed by atoms with van der Waals surface area (Å²) in [6, 6.07) is 9.21. The van der Waals surface area contributed by atoms with Crippen LogP contribution in [0.15, 0.2) is 30.3 Å². The first-order valence-corrected chi connectivity index (χ1v) is 3.19. The summed E-state index contributed by atoms with van der Waals surface area (Å²) in [6.07, 6.45) is -0.734. The summed E-state index contributed by atoms with van der Waals surface area (Å²) in [4.78, 5) is 0. The lowest BCUT2D eigenvalue weighted by atomic mass is 10.3. The van der Waals surface area contributed by atoms with Gasteiger partial charge >= 0.3 is 0 Å². The van der Waals surface area contributed by atoms with E-state index in [-0.39, 0.29) is 0 Å². The van der Waals surface area contributed by atoms with Crippen molar-refractivity contribution in [2.45, 2.75) is 13.2 Å². The number of para-hydroxylation sites is 1. The monoisotopic (exact) mass is 135 g/mol. The molecule has 0 aliphatic rings. The topological polar surface area (TPSA) is 31.5 Å². The minimum Gasteiger partial charge on any atom is -0.473 e. The van der Waals surface area contributed by atoms with E-state index in [4.69, 9.17) is 10.5 Å². The third-order valence-electron chi connectivity index (χ3n) is 1.05. The number of hydrogen-bond acceptors (Lipinski definition) is 1. The lowest BCUT2D eigenvalue weighted by molar-refractivity contribution is 0.222. The van der Waals surface area contributed by atoms with Crippen molar-refractivity contribution in [1.29, 1.82) is 0 Å². The van der Waals surface area contributed by atoms with Crippen molar-refractivity contribution in [1.82, 2.24) is 5.73 Å². The van der Waals surface area contributed by atoms with E-state index < -0.39 is 6.23 Å². The zero-order valence-corrected chi connectivity index (χ0v) is 5.82. The molecule has 1 rings (SSSR count). The van der Waals surface area contributed by atoms with Gasteiger partial charge in [0.1, 0.15) is 5.75 Å². The number of rotatable bonds is 2. The van der Waals surface area contributed by atoms with Gasteiger partial charge in [0, 0.05) is 0 Å². The molecule has 1 aromatic carbocycles. The molecule has 0 aromatic heterocycles. The van der Waals surface area contributed by atoms with E-state index in [2.05, 4.69) is 0 Å². The molecule has 10 heavy (non-hydrogen) atoms. The molecule has 0 bridgehead atoms. The van der Waals surface area contributed by atoms with Gasteiger partial charge in [0.25, 0.3) is 0 Å². The van der Waals surface area contributed by atoms with Gasteiger partial charge in [-0.05, 0) is 19.1 Å². The average molecular weight is 135 g/mol. The Hall–Kier alpha value is -1.02. The van der Waals surface area contributed by atoms with Gasteiger partial charge in [0.2, 0.25) is 0 Å². The molecular formula is C8H9NO. The molecule has 0 saturated heterocycles. The second-order valence-electron chi connectivity index (χ2n) is 2.03. The fourth-order valence-electron chi connectivity index (χ4n) is 0.696. The molecule has 0 N–H and O–H groups in total. The Labute approximate surface area is 60.6 Å². The number of benzene rings is 1. The first-order chi connectivity index (χ1) is 4.79. The molecule has 52 valence electrons. The fourth-order valence-corrected chi connectivity index (χ4v) is 0.696. The fraction of sp³-hybridized carbons (Fsp3) is 0.250. The molecule has 0 aliphatic carbocycles. The number of ether oxygens (including phenoxy) is 1. The third-order valence-corrected chi connectivity index (χ3v) is 1.05. The van der Waals surface area contributed by atoms with Gasteiger partial charge in [-0.2, -0.15) is 0 Å². The molecule has 0 amide bonds. The summed E-state index contributed by atoms with van der Waals surface area (Å²) in [6.45, 7) is 1.58. The molecule has 0 fully saturated rings. The molecule has 1 atom stereocenters. The van der Waals surface area contributed by atoms with E-state index in [0.717, 1.165) is 0 Å². The predicted octanol–water partition coefficient (Wildman–Crippen LogP) is 1.48. The minimum absolute atomic E-state index is 0.692. The first-order valence-electron chi connectivity index (χ1n) is 3.19. The highest BCUT2D eigenvalue weighted by Gasteiger charge is 1.95. The van der Waals surface area contributed by atoms with Gasteiger partial charge in [-0.25, -0.2) is 0 Å². The SMILES string of the molecule is CC([N])Oc1ccccc1. The van der Waals surface area contributed by atoms with E-state index in [9.17, 15) is 0 Å². The molecule has 0 spiro atoms. The van der Waals surface area contributed by atoms with Crippen molar-refractivity contribution in [2.24, 2.45) is 0 Å². The van der Waals surface area contributed by atoms with Crippen LogP contribution in [-0.4, -0.2) is 6.23 Å². The maximum atomic E-state index is 8.78. The highest BCUT2D eigenvalue weighted by Crippen LogP contribution is 2.08. The summed E-state index contributed by atoms with van der Waals surface area (Å²) < 4.78 is 4.97. The average Bonchev–Trinajstić information content (AvgIpc) is 1.88. The van der Waals surface area contributed by atoms with Crippen molar-refractivity contribution in [3.63, 3.8) is 0 Å². The van der Waals surface area contributed by atoms with E-state index in [1.807, 2.05) is 18.2 Å². The summed E-state index contributed by atoms with van der Waals surface area (Å²) in [5.74, 6) is 0.692. The van der Waals surface area contributed by atoms with Crippen LogP contribution in [0.25, 0.3) is 0 Å². The third kappa shape index (κ3) is 2.07. The van der Waals surface area contributed by atoms with Gasteiger partial charge in [-0.15, -0.1) is 0 Å². The number of hydrogen-bond donors (Lipinski definition) is 0. The lowest BCUT2D eigenvalue weighted by Gasteiger charge is -2.05. The Morgan fingerprint density at radius 3 is 2.40 bits per heavy atom. The van der Waals surface area contributed by atoms with E-state index >= 15 is 0 Å². The molecule has 0 aliphatic heterocycles. The van der Waals surface area contributed by atoms with Gasteiger partial charge in [-0.3, -0.25) is 0 Å². The van der Waals surface area contributed by atoms with Crippen LogP contribution in [0.5, 0.6) is 5.75 Å². The van der Waals surface area contributed by atoms with Crippen LogP contribution in [0.2, 0.25) is 0 Å². The molecule has 1 unspecified atom stereocenters. The van der Waals surface area contributed by atoms with E-state index in [0.29, 0.717) is 5.75 Å². The molecular weight excluding hydrogens is 126 g/mol. The maximum absolute atomic E-state index is 8.78. The molecule has 0 saturated carbocycles. The lowest BCUT2D eigenvalue weighted by Crippen LogP contribution is -2.11. The van der Waals surface area contributed by atoms with Crippen LogP contribution in [0.1, 0.15) is 6.92 Å². The zero-order valence-electron chi connectivity index (χ0n) is 5.82. The highest BCUT2D eigenvalue weighted by atomic mass is 16.5. The Kier molecular flexibility index (Phi) is 2.29. The molecule has 1 aromatic rings. The summed E-state index contributed by atoms with van der Waals surface area (Å²) in [7, 11) is 0. The Morgan fingerprint density at radius 2 is 1.90 bits per heavy atom. The summed E-state index contributed by atoms with van der Waals surface area (Å²) >= 11 is 0. The van der Waals surface area contributed by atoms with Gasteiger partial charge in [0.15, 0.2) is 6.23 Å². The molecule has 0 heterocycles. The normalized spacial score (nSPS) is 12.6. The van der Waals surface area contributed by atoms with Crippen molar-refractivity contribution in [2.75, 3.05) is 0 Å². The second kappa shape index (κ2) is 3.22. The quantitative estimate of drug-likeness (QED) is 0.604. The predicted molar refractivity (Wildman–Crippen MR) is 38.7 cm³/mol. The van der Waals surface area contributed by atoms with Gasteiger partial charge in [0.05, 0.1) is 0 Å². The standard InChI is InChI=1S/C8H9NO/c1-7(9)10-8-5-3-2-4-6-8/h2-7H,1H3. The smallest absolute Gasteiger partial charge is 0.179 e. The minimum atomic E-state index is -0.734. The molecule has 2 radical (unpaired) electrons. The van der Waals surface area contributed by atoms with E-state index in [1.165, 1.54) is 0 Å². The van der Waals surface area contributed by atoms with Gasteiger partial charge in [-0.1, -0.05) is 23.9 Å². The van der Waals surface area contributed by atoms with Crippen molar-refractivity contribution < 1.29 is 4.74 Å². The zero-order chi connectivity index (χ0) is 7.40. The maximum Gasteiger partial charge on any atom is 0.179 e. The van der Waals surface area contributed by atoms with Crippen LogP contribution in [0, 0.1) is 0 Å². The summed E-state index contributed by atoms with van der Waals surface area (Å²) in [5, 5.41) is 0. The highest BCUT2D eigenvalue weighted by molar-refractivity contribution is 5.20. The van der Waals surface area contributed by atoms with Crippen LogP contribution in [0.4, 0.5) is 0 Å². The van der Waals surface area contributed by atoms with Crippen LogP contribution in [0.3, 0.4) is 0 Å². The Balaban J connectivity index is 2.59.